The van der Waals surface area contributed by atoms with E-state index in [4.69, 9.17) is 0 Å². The highest BCUT2D eigenvalue weighted by atomic mass is 19.2. The molecule has 0 aliphatic carbocycles. The van der Waals surface area contributed by atoms with Gasteiger partial charge in [0.2, 0.25) is 5.82 Å². The molecule has 0 amide bonds. The second kappa shape index (κ2) is 12.1. The Bertz CT molecular complexity index is 1530. The minimum atomic E-state index is -2.27. The predicted octanol–water partition coefficient (Wildman–Crippen LogP) is 10.3. The third kappa shape index (κ3) is 6.00. The molecule has 0 aliphatic heterocycles. The van der Waals surface area contributed by atoms with E-state index in [-0.39, 0.29) is 23.0 Å². The van der Waals surface area contributed by atoms with Crippen molar-refractivity contribution < 1.29 is 43.9 Å². The van der Waals surface area contributed by atoms with Crippen molar-refractivity contribution in [1.29, 1.82) is 0 Å². The molecule has 0 saturated carbocycles. The third-order valence-corrected chi connectivity index (χ3v) is 6.12. The van der Waals surface area contributed by atoms with E-state index in [1.54, 1.807) is 19.9 Å². The van der Waals surface area contributed by atoms with Crippen molar-refractivity contribution in [2.75, 3.05) is 0 Å². The Morgan fingerprint density at radius 2 is 0.775 bits per heavy atom. The summed E-state index contributed by atoms with van der Waals surface area (Å²) >= 11 is 0. The maximum atomic E-state index is 13.9. The van der Waals surface area contributed by atoms with Gasteiger partial charge in [0.1, 0.15) is 11.6 Å². The number of halogens is 10. The van der Waals surface area contributed by atoms with Crippen molar-refractivity contribution in [2.45, 2.75) is 39.5 Å². The number of benzene rings is 4. The third-order valence-electron chi connectivity index (χ3n) is 6.12. The molecule has 4 aromatic rings. The Balaban J connectivity index is 0.000000222. The molecule has 0 aromatic heterocycles. The molecule has 40 heavy (non-hydrogen) atoms. The molecule has 0 heterocycles. The summed E-state index contributed by atoms with van der Waals surface area (Å²) < 4.78 is 134. The van der Waals surface area contributed by atoms with E-state index in [1.807, 2.05) is 13.8 Å². The van der Waals surface area contributed by atoms with Crippen molar-refractivity contribution in [3.8, 4) is 22.3 Å². The normalized spacial score (nSPS) is 11.2. The topological polar surface area (TPSA) is 0 Å². The maximum absolute atomic E-state index is 13.9. The van der Waals surface area contributed by atoms with E-state index >= 15 is 0 Å². The molecule has 0 fully saturated rings. The fourth-order valence-electron chi connectivity index (χ4n) is 3.78. The average Bonchev–Trinajstić information content (AvgIpc) is 2.91. The second-order valence-corrected chi connectivity index (χ2v) is 9.46. The Morgan fingerprint density at radius 1 is 0.375 bits per heavy atom. The molecule has 0 spiro atoms. The average molecular weight is 572 g/mol. The highest BCUT2D eigenvalue weighted by Gasteiger charge is 2.28. The molecular weight excluding hydrogens is 550 g/mol. The predicted molar refractivity (Wildman–Crippen MR) is 132 cm³/mol. The first-order valence-electron chi connectivity index (χ1n) is 11.9. The van der Waals surface area contributed by atoms with Gasteiger partial charge in [-0.05, 0) is 47.2 Å². The summed E-state index contributed by atoms with van der Waals surface area (Å²) in [5.74, 6) is -16.5. The lowest BCUT2D eigenvalue weighted by atomic mass is 9.97. The highest BCUT2D eigenvalue weighted by molar-refractivity contribution is 5.67. The standard InChI is InChI=1S/C15H10F6.C15H12F4/c1-6(2)7-3-4-8(9(16)5-7)10-11(17)13(19)15(21)14(20)12(10)18;1-8(2)9-3-4-10(13(17)7-9)11-5-6-12(16)15(19)14(11)18/h3-6H,1-2H3;3-8H,1-2H3. The molecule has 0 saturated heterocycles. The van der Waals surface area contributed by atoms with E-state index in [1.165, 1.54) is 18.2 Å². The van der Waals surface area contributed by atoms with Crippen LogP contribution in [0.3, 0.4) is 0 Å². The van der Waals surface area contributed by atoms with Crippen LogP contribution in [0.15, 0.2) is 48.5 Å². The number of rotatable bonds is 4. The lowest BCUT2D eigenvalue weighted by molar-refractivity contribution is 0.381. The lowest BCUT2D eigenvalue weighted by Crippen LogP contribution is -2.05. The van der Waals surface area contributed by atoms with E-state index < -0.39 is 69.3 Å². The molecule has 212 valence electrons. The van der Waals surface area contributed by atoms with Gasteiger partial charge in [0.25, 0.3) is 0 Å². The van der Waals surface area contributed by atoms with Gasteiger partial charge in [0.05, 0.1) is 5.56 Å². The fourth-order valence-corrected chi connectivity index (χ4v) is 3.78. The van der Waals surface area contributed by atoms with Gasteiger partial charge in [0, 0.05) is 16.7 Å². The SMILES string of the molecule is CC(C)c1ccc(-c2c(F)c(F)c(F)c(F)c2F)c(F)c1.CC(C)c1ccc(-c2ccc(F)c(F)c2F)c(F)c1. The van der Waals surface area contributed by atoms with Crippen LogP contribution in [0, 0.1) is 58.2 Å². The van der Waals surface area contributed by atoms with E-state index in [2.05, 4.69) is 0 Å². The van der Waals surface area contributed by atoms with Crippen molar-refractivity contribution in [3.05, 3.63) is 118 Å². The monoisotopic (exact) mass is 572 g/mol. The fraction of sp³-hybridized carbons (Fsp3) is 0.200. The summed E-state index contributed by atoms with van der Waals surface area (Å²) in [6.07, 6.45) is 0. The first-order chi connectivity index (χ1) is 18.7. The molecule has 0 radical (unpaired) electrons. The molecular formula is C30H22F10. The highest BCUT2D eigenvalue weighted by Crippen LogP contribution is 2.34. The lowest BCUT2D eigenvalue weighted by Gasteiger charge is -2.11. The molecule has 0 aliphatic rings. The number of hydrogen-bond donors (Lipinski definition) is 0. The van der Waals surface area contributed by atoms with E-state index in [0.717, 1.165) is 29.8 Å². The molecule has 4 aromatic carbocycles. The molecule has 0 unspecified atom stereocenters. The summed E-state index contributed by atoms with van der Waals surface area (Å²) in [6, 6.07) is 9.50. The summed E-state index contributed by atoms with van der Waals surface area (Å²) in [5.41, 5.74) is -1.01. The van der Waals surface area contributed by atoms with Crippen molar-refractivity contribution in [3.63, 3.8) is 0 Å². The maximum Gasteiger partial charge on any atom is 0.200 e. The van der Waals surface area contributed by atoms with Gasteiger partial charge in [-0.2, -0.15) is 0 Å². The van der Waals surface area contributed by atoms with Gasteiger partial charge < -0.3 is 0 Å². The van der Waals surface area contributed by atoms with Gasteiger partial charge in [-0.25, -0.2) is 43.9 Å². The van der Waals surface area contributed by atoms with Crippen molar-refractivity contribution in [1.82, 2.24) is 0 Å². The van der Waals surface area contributed by atoms with Crippen LogP contribution in [0.5, 0.6) is 0 Å². The van der Waals surface area contributed by atoms with Gasteiger partial charge >= 0.3 is 0 Å². The van der Waals surface area contributed by atoms with Gasteiger partial charge in [-0.1, -0.05) is 52.0 Å². The van der Waals surface area contributed by atoms with Crippen LogP contribution >= 0.6 is 0 Å². The van der Waals surface area contributed by atoms with Crippen LogP contribution in [-0.2, 0) is 0 Å². The zero-order chi connectivity index (χ0) is 30.0. The molecule has 10 heteroatoms. The Hall–Kier alpha value is -3.82. The van der Waals surface area contributed by atoms with Crippen molar-refractivity contribution >= 4 is 0 Å². The first kappa shape index (κ1) is 30.7. The van der Waals surface area contributed by atoms with Gasteiger partial charge in [-0.15, -0.1) is 0 Å². The molecule has 0 bridgehead atoms. The second-order valence-electron chi connectivity index (χ2n) is 9.46. The molecule has 0 atom stereocenters. The zero-order valence-electron chi connectivity index (χ0n) is 21.6. The smallest absolute Gasteiger partial charge is 0.200 e. The van der Waals surface area contributed by atoms with Gasteiger partial charge in [0.15, 0.2) is 40.7 Å². The molecule has 4 rings (SSSR count). The summed E-state index contributed by atoms with van der Waals surface area (Å²) in [6.45, 7) is 7.33. The quantitative estimate of drug-likeness (QED) is 0.130. The summed E-state index contributed by atoms with van der Waals surface area (Å²) in [5, 5.41) is 0. The molecule has 0 nitrogen and oxygen atoms in total. The Kier molecular flexibility index (Phi) is 9.32. The number of hydrogen-bond acceptors (Lipinski definition) is 0. The minimum absolute atomic E-state index is 0.0510. The Morgan fingerprint density at radius 3 is 1.20 bits per heavy atom. The molecule has 0 N–H and O–H groups in total. The van der Waals surface area contributed by atoms with Crippen LogP contribution in [0.1, 0.15) is 50.7 Å². The zero-order valence-corrected chi connectivity index (χ0v) is 21.6. The van der Waals surface area contributed by atoms with Crippen molar-refractivity contribution in [2.24, 2.45) is 0 Å². The van der Waals surface area contributed by atoms with Crippen LogP contribution in [0.25, 0.3) is 22.3 Å². The van der Waals surface area contributed by atoms with Gasteiger partial charge in [-0.3, -0.25) is 0 Å². The summed E-state index contributed by atoms with van der Waals surface area (Å²) in [4.78, 5) is 0. The minimum Gasteiger partial charge on any atom is -0.206 e. The van der Waals surface area contributed by atoms with E-state index in [0.29, 0.717) is 5.56 Å². The largest absolute Gasteiger partial charge is 0.206 e. The Labute approximate surface area is 223 Å². The van der Waals surface area contributed by atoms with Crippen LogP contribution in [-0.4, -0.2) is 0 Å². The van der Waals surface area contributed by atoms with Crippen LogP contribution < -0.4 is 0 Å². The van der Waals surface area contributed by atoms with Crippen LogP contribution in [0.2, 0.25) is 0 Å². The first-order valence-corrected chi connectivity index (χ1v) is 11.9. The van der Waals surface area contributed by atoms with E-state index in [9.17, 15) is 43.9 Å². The van der Waals surface area contributed by atoms with Crippen LogP contribution in [0.4, 0.5) is 43.9 Å². The summed E-state index contributed by atoms with van der Waals surface area (Å²) in [7, 11) is 0.